The van der Waals surface area contributed by atoms with Crippen molar-refractivity contribution in [1.82, 2.24) is 15.0 Å². The van der Waals surface area contributed by atoms with Crippen molar-refractivity contribution in [2.24, 2.45) is 0 Å². The van der Waals surface area contributed by atoms with Crippen molar-refractivity contribution in [3.63, 3.8) is 0 Å². The molecule has 5 aromatic rings. The first-order valence-corrected chi connectivity index (χ1v) is 27.1. The van der Waals surface area contributed by atoms with Gasteiger partial charge in [0.05, 0.1) is 0 Å². The normalized spacial score (nSPS) is 13.4. The zero-order valence-corrected chi connectivity index (χ0v) is 51.4. The molecule has 0 amide bonds. The van der Waals surface area contributed by atoms with Gasteiger partial charge >= 0.3 is 0 Å². The van der Waals surface area contributed by atoms with E-state index in [0.717, 1.165) is 66.8 Å². The standard InChI is InChI=1S/C65H98N6O4/c1-58(2,3)43-27-39(28-44(51(43)72)59(4,5)6)35-69(25)55-66-56(70(26)36-40-29-45(60(7,8)9)52(73)46(30-40)61(10,11)12)68-57(67-55)71(37-41-31-47(62(13,14)15)53(74)48(32-41)63(16,17)18)38-42-33-49(64(19,20)21)54(75)50(34-42)65(22,23)24/h27-34,72-75H,35-38H2,1-26H3. The SMILES string of the molecule is CN(Cc1cc(C(C)(C)C)c(O)c(C(C)(C)C)c1)c1nc(N(C)Cc2cc(C(C)(C)C)c(O)c(C(C)(C)C)c2)nc(N(Cc2cc(C(C)(C)C)c(O)c(C(C)(C)C)c2)Cc2cc(C(C)(C)C)c(O)c(C(C)(C)C)c2)n1. The number of benzene rings is 4. The Morgan fingerprint density at radius 3 is 0.613 bits per heavy atom. The maximum atomic E-state index is 11.9. The fourth-order valence-electron chi connectivity index (χ4n) is 9.87. The van der Waals surface area contributed by atoms with Crippen LogP contribution in [0.2, 0.25) is 0 Å². The fraction of sp³-hybridized carbons (Fsp3) is 0.585. The van der Waals surface area contributed by atoms with Crippen molar-refractivity contribution < 1.29 is 20.4 Å². The zero-order valence-electron chi connectivity index (χ0n) is 51.4. The predicted octanol–water partition coefficient (Wildman–Crippen LogP) is 15.6. The lowest BCUT2D eigenvalue weighted by Gasteiger charge is -2.32. The fourth-order valence-corrected chi connectivity index (χ4v) is 9.87. The number of phenols is 4. The van der Waals surface area contributed by atoms with Gasteiger partial charge < -0.3 is 35.1 Å². The monoisotopic (exact) mass is 1030 g/mol. The van der Waals surface area contributed by atoms with Gasteiger partial charge in [0, 0.05) is 40.3 Å². The van der Waals surface area contributed by atoms with Gasteiger partial charge in [-0.3, -0.25) is 0 Å². The van der Waals surface area contributed by atoms with Crippen LogP contribution in [0.1, 0.15) is 233 Å². The van der Waals surface area contributed by atoms with E-state index in [1.165, 1.54) is 0 Å². The molecule has 0 fully saturated rings. The smallest absolute Gasteiger partial charge is 0.232 e. The highest BCUT2D eigenvalue weighted by atomic mass is 16.3. The zero-order chi connectivity index (χ0) is 57.3. The average Bonchev–Trinajstić information content (AvgIpc) is 3.22. The number of rotatable bonds is 11. The van der Waals surface area contributed by atoms with Crippen LogP contribution >= 0.6 is 0 Å². The summed E-state index contributed by atoms with van der Waals surface area (Å²) in [6, 6.07) is 17.0. The Balaban J connectivity index is 1.86. The lowest BCUT2D eigenvalue weighted by molar-refractivity contribution is 0.421. The Morgan fingerprint density at radius 2 is 0.440 bits per heavy atom. The lowest BCUT2D eigenvalue weighted by Crippen LogP contribution is -2.30. The van der Waals surface area contributed by atoms with Gasteiger partial charge in [-0.05, 0) is 159 Å². The van der Waals surface area contributed by atoms with Crippen molar-refractivity contribution in [1.29, 1.82) is 0 Å². The summed E-state index contributed by atoms with van der Waals surface area (Å²) < 4.78 is 0. The molecule has 0 saturated carbocycles. The molecule has 75 heavy (non-hydrogen) atoms. The van der Waals surface area contributed by atoms with Gasteiger partial charge in [-0.15, -0.1) is 0 Å². The van der Waals surface area contributed by atoms with Gasteiger partial charge in [-0.1, -0.05) is 166 Å². The molecule has 1 heterocycles. The van der Waals surface area contributed by atoms with E-state index in [1.807, 2.05) is 14.1 Å². The molecule has 0 aliphatic rings. The van der Waals surface area contributed by atoms with Crippen LogP contribution in [0, 0.1) is 0 Å². The van der Waals surface area contributed by atoms with Crippen molar-refractivity contribution in [2.75, 3.05) is 28.8 Å². The third-order valence-corrected chi connectivity index (χ3v) is 14.3. The van der Waals surface area contributed by atoms with Gasteiger partial charge in [0.25, 0.3) is 0 Å². The highest BCUT2D eigenvalue weighted by Crippen LogP contribution is 2.45. The Labute approximate surface area is 454 Å². The second-order valence-corrected chi connectivity index (χ2v) is 30.0. The molecule has 10 heteroatoms. The second kappa shape index (κ2) is 20.5. The van der Waals surface area contributed by atoms with E-state index in [-0.39, 0.29) is 43.3 Å². The number of hydrogen-bond acceptors (Lipinski definition) is 10. The van der Waals surface area contributed by atoms with Gasteiger partial charge in [0.1, 0.15) is 23.0 Å². The topological polar surface area (TPSA) is 129 Å². The third-order valence-electron chi connectivity index (χ3n) is 14.3. The summed E-state index contributed by atoms with van der Waals surface area (Å²) in [7, 11) is 4.02. The minimum atomic E-state index is -0.355. The van der Waals surface area contributed by atoms with E-state index in [0.29, 0.717) is 67.0 Å². The average molecular weight is 1030 g/mol. The van der Waals surface area contributed by atoms with Crippen LogP contribution < -0.4 is 14.7 Å². The van der Waals surface area contributed by atoms with Crippen LogP contribution in [-0.4, -0.2) is 49.5 Å². The summed E-state index contributed by atoms with van der Waals surface area (Å²) in [5.41, 5.74) is 8.38. The summed E-state index contributed by atoms with van der Waals surface area (Å²) in [6.07, 6.45) is 0. The van der Waals surface area contributed by atoms with Crippen molar-refractivity contribution >= 4 is 17.8 Å². The molecule has 0 radical (unpaired) electrons. The highest BCUT2D eigenvalue weighted by molar-refractivity contribution is 5.57. The molecule has 0 saturated heterocycles. The number of aromatic nitrogens is 3. The van der Waals surface area contributed by atoms with E-state index in [9.17, 15) is 20.4 Å². The maximum Gasteiger partial charge on any atom is 0.232 e. The van der Waals surface area contributed by atoms with Gasteiger partial charge in [-0.2, -0.15) is 15.0 Å². The first kappa shape index (κ1) is 60.4. The number of aromatic hydroxyl groups is 4. The predicted molar refractivity (Wildman–Crippen MR) is 316 cm³/mol. The Hall–Kier alpha value is -5.51. The summed E-state index contributed by atoms with van der Waals surface area (Å²) >= 11 is 0. The highest BCUT2D eigenvalue weighted by Gasteiger charge is 2.33. The molecule has 0 atom stereocenters. The lowest BCUT2D eigenvalue weighted by atomic mass is 9.78. The van der Waals surface area contributed by atoms with Crippen LogP contribution in [0.15, 0.2) is 48.5 Å². The van der Waals surface area contributed by atoms with Crippen LogP contribution in [0.25, 0.3) is 0 Å². The van der Waals surface area contributed by atoms with E-state index < -0.39 is 0 Å². The maximum absolute atomic E-state index is 11.9. The Kier molecular flexibility index (Phi) is 16.5. The van der Waals surface area contributed by atoms with Crippen molar-refractivity contribution in [3.05, 3.63) is 115 Å². The molecule has 0 aliphatic carbocycles. The van der Waals surface area contributed by atoms with Crippen LogP contribution in [0.3, 0.4) is 0 Å². The molecule has 0 bridgehead atoms. The molecule has 10 nitrogen and oxygen atoms in total. The first-order valence-electron chi connectivity index (χ1n) is 27.1. The van der Waals surface area contributed by atoms with Gasteiger partial charge in [-0.25, -0.2) is 0 Å². The number of anilines is 3. The minimum Gasteiger partial charge on any atom is -0.507 e. The van der Waals surface area contributed by atoms with Crippen LogP contribution in [0.5, 0.6) is 23.0 Å². The number of phenolic OH excluding ortho intramolecular Hbond substituents is 4. The molecular weight excluding hydrogens is 929 g/mol. The Morgan fingerprint density at radius 1 is 0.280 bits per heavy atom. The second-order valence-electron chi connectivity index (χ2n) is 30.0. The summed E-state index contributed by atoms with van der Waals surface area (Å²) in [5, 5.41) is 47.2. The molecular formula is C65H98N6O4. The van der Waals surface area contributed by atoms with Gasteiger partial charge in [0.15, 0.2) is 0 Å². The molecule has 4 N–H and O–H groups in total. The molecule has 0 unspecified atom stereocenters. The molecule has 1 aromatic heterocycles. The van der Waals surface area contributed by atoms with Crippen molar-refractivity contribution in [2.45, 2.75) is 236 Å². The minimum absolute atomic E-state index is 0.314. The summed E-state index contributed by atoms with van der Waals surface area (Å²) in [4.78, 5) is 22.5. The quantitative estimate of drug-likeness (QED) is 0.101. The van der Waals surface area contributed by atoms with E-state index >= 15 is 0 Å². The summed E-state index contributed by atoms with van der Waals surface area (Å²) in [5.74, 6) is 2.71. The largest absolute Gasteiger partial charge is 0.507 e. The number of hydrogen-bond donors (Lipinski definition) is 4. The molecule has 0 spiro atoms. The Bertz CT molecular complexity index is 2550. The van der Waals surface area contributed by atoms with Crippen LogP contribution in [0.4, 0.5) is 17.8 Å². The molecule has 412 valence electrons. The molecule has 5 rings (SSSR count). The first-order chi connectivity index (χ1) is 33.7. The van der Waals surface area contributed by atoms with E-state index in [1.54, 1.807) is 0 Å². The van der Waals surface area contributed by atoms with E-state index in [2.05, 4.69) is 229 Å². The third kappa shape index (κ3) is 14.1. The van der Waals surface area contributed by atoms with Gasteiger partial charge in [0.2, 0.25) is 17.8 Å². The number of nitrogens with zero attached hydrogens (tertiary/aromatic N) is 6. The van der Waals surface area contributed by atoms with E-state index in [4.69, 9.17) is 15.0 Å². The van der Waals surface area contributed by atoms with Crippen molar-refractivity contribution in [3.8, 4) is 23.0 Å². The molecule has 0 aliphatic heterocycles. The van der Waals surface area contributed by atoms with Crippen LogP contribution in [-0.2, 0) is 69.5 Å². The molecule has 4 aromatic carbocycles. The summed E-state index contributed by atoms with van der Waals surface area (Å²) in [6.45, 7) is 52.9.